The molecule has 0 bridgehead atoms. The number of benzene rings is 1. The maximum absolute atomic E-state index is 13.1. The van der Waals surface area contributed by atoms with Crippen LogP contribution >= 0.6 is 11.3 Å². The molecule has 0 aliphatic carbocycles. The first-order valence-corrected chi connectivity index (χ1v) is 6.56. The third-order valence-corrected chi connectivity index (χ3v) is 3.48. The number of nitrogen functional groups attached to an aromatic ring is 1. The largest absolute Gasteiger partial charge is 0.435 e. The van der Waals surface area contributed by atoms with Crippen LogP contribution in [0, 0.1) is 0 Å². The van der Waals surface area contributed by atoms with Gasteiger partial charge in [-0.1, -0.05) is 12.1 Å². The van der Waals surface area contributed by atoms with Crippen LogP contribution < -0.4 is 5.73 Å². The zero-order valence-electron chi connectivity index (χ0n) is 9.98. The lowest BCUT2D eigenvalue weighted by Crippen LogP contribution is -2.11. The van der Waals surface area contributed by atoms with Gasteiger partial charge < -0.3 is 5.73 Å². The quantitative estimate of drug-likeness (QED) is 0.691. The predicted octanol–water partition coefficient (Wildman–Crippen LogP) is 3.96. The van der Waals surface area contributed by atoms with Crippen LogP contribution in [0.4, 0.5) is 18.9 Å². The molecule has 0 amide bonds. The van der Waals surface area contributed by atoms with Crippen LogP contribution in [0.15, 0.2) is 35.0 Å². The smallest absolute Gasteiger partial charge is 0.399 e. The Kier molecular flexibility index (Phi) is 2.86. The number of anilines is 1. The topological polar surface area (TPSA) is 51.8 Å². The van der Waals surface area contributed by atoms with Gasteiger partial charge in [0.05, 0.1) is 0 Å². The fourth-order valence-electron chi connectivity index (χ4n) is 1.84. The molecule has 0 aliphatic rings. The standard InChI is InChI=1S/C13H8F3N3S/c14-13(15,16)12-11(7-1-3-8(17)4-2-7)18-9-5-20-6-10(9)19-12/h1-6H,17H2. The van der Waals surface area contributed by atoms with Gasteiger partial charge in [-0.2, -0.15) is 13.2 Å². The summed E-state index contributed by atoms with van der Waals surface area (Å²) in [7, 11) is 0. The van der Waals surface area contributed by atoms with Crippen LogP contribution in [-0.4, -0.2) is 9.97 Å². The molecule has 0 atom stereocenters. The van der Waals surface area contributed by atoms with Crippen molar-refractivity contribution in [3.8, 4) is 11.3 Å². The van der Waals surface area contributed by atoms with Gasteiger partial charge in [0, 0.05) is 22.0 Å². The van der Waals surface area contributed by atoms with Gasteiger partial charge >= 0.3 is 6.18 Å². The number of rotatable bonds is 1. The highest BCUT2D eigenvalue weighted by Crippen LogP contribution is 2.36. The Bertz CT molecular complexity index is 763. The molecule has 7 heteroatoms. The van der Waals surface area contributed by atoms with E-state index in [9.17, 15) is 13.2 Å². The molecule has 0 fully saturated rings. The van der Waals surface area contributed by atoms with Crippen molar-refractivity contribution < 1.29 is 13.2 Å². The number of thiophene rings is 1. The van der Waals surface area contributed by atoms with Crippen molar-refractivity contribution in [2.75, 3.05) is 5.73 Å². The number of hydrogen-bond acceptors (Lipinski definition) is 4. The molecule has 20 heavy (non-hydrogen) atoms. The van der Waals surface area contributed by atoms with Crippen LogP contribution in [-0.2, 0) is 6.18 Å². The Hall–Kier alpha value is -2.15. The summed E-state index contributed by atoms with van der Waals surface area (Å²) in [4.78, 5) is 7.79. The molecular weight excluding hydrogens is 287 g/mol. The zero-order valence-corrected chi connectivity index (χ0v) is 10.8. The lowest BCUT2D eigenvalue weighted by atomic mass is 10.1. The van der Waals surface area contributed by atoms with E-state index >= 15 is 0 Å². The summed E-state index contributed by atoms with van der Waals surface area (Å²) >= 11 is 1.27. The van der Waals surface area contributed by atoms with Gasteiger partial charge in [-0.25, -0.2) is 9.97 Å². The Morgan fingerprint density at radius 3 is 2.15 bits per heavy atom. The minimum atomic E-state index is -4.56. The maximum Gasteiger partial charge on any atom is 0.435 e. The lowest BCUT2D eigenvalue weighted by Gasteiger charge is -2.11. The number of nitrogens with two attached hydrogens (primary N) is 1. The molecule has 2 aromatic heterocycles. The molecule has 0 spiro atoms. The van der Waals surface area contributed by atoms with E-state index in [0.29, 0.717) is 16.8 Å². The molecule has 1 aromatic carbocycles. The van der Waals surface area contributed by atoms with Crippen LogP contribution in [0.5, 0.6) is 0 Å². The van der Waals surface area contributed by atoms with Gasteiger partial charge in [0.15, 0.2) is 5.69 Å². The molecule has 0 unspecified atom stereocenters. The van der Waals surface area contributed by atoms with Crippen molar-refractivity contribution in [3.05, 3.63) is 40.7 Å². The summed E-state index contributed by atoms with van der Waals surface area (Å²) in [5.74, 6) is 0. The third-order valence-electron chi connectivity index (χ3n) is 2.76. The van der Waals surface area contributed by atoms with Gasteiger partial charge in [0.1, 0.15) is 16.7 Å². The molecule has 2 N–H and O–H groups in total. The lowest BCUT2D eigenvalue weighted by molar-refractivity contribution is -0.140. The summed E-state index contributed by atoms with van der Waals surface area (Å²) < 4.78 is 39.4. The molecule has 2 heterocycles. The van der Waals surface area contributed by atoms with E-state index in [4.69, 9.17) is 5.73 Å². The van der Waals surface area contributed by atoms with Crippen LogP contribution in [0.25, 0.3) is 22.3 Å². The van der Waals surface area contributed by atoms with Crippen LogP contribution in [0.3, 0.4) is 0 Å². The second kappa shape index (κ2) is 4.45. The second-order valence-electron chi connectivity index (χ2n) is 4.18. The van der Waals surface area contributed by atoms with Crippen molar-refractivity contribution in [2.45, 2.75) is 6.18 Å². The summed E-state index contributed by atoms with van der Waals surface area (Å²) in [6.45, 7) is 0. The Balaban J connectivity index is 2.28. The third kappa shape index (κ3) is 2.20. The van der Waals surface area contributed by atoms with E-state index < -0.39 is 11.9 Å². The first-order valence-electron chi connectivity index (χ1n) is 5.62. The molecule has 102 valence electrons. The van der Waals surface area contributed by atoms with Crippen LogP contribution in [0.2, 0.25) is 0 Å². The highest BCUT2D eigenvalue weighted by molar-refractivity contribution is 7.09. The van der Waals surface area contributed by atoms with Gasteiger partial charge in [-0.05, 0) is 12.1 Å². The number of nitrogens with zero attached hydrogens (tertiary/aromatic N) is 2. The first kappa shape index (κ1) is 12.9. The molecule has 3 rings (SSSR count). The molecule has 0 saturated carbocycles. The second-order valence-corrected chi connectivity index (χ2v) is 4.93. The van der Waals surface area contributed by atoms with E-state index in [1.807, 2.05) is 0 Å². The number of hydrogen-bond donors (Lipinski definition) is 1. The first-order chi connectivity index (χ1) is 9.45. The average Bonchev–Trinajstić information content (AvgIpc) is 2.84. The fourth-order valence-corrected chi connectivity index (χ4v) is 2.51. The fraction of sp³-hybridized carbons (Fsp3) is 0.0769. The summed E-state index contributed by atoms with van der Waals surface area (Å²) in [6, 6.07) is 6.09. The number of aromatic nitrogens is 2. The highest BCUT2D eigenvalue weighted by atomic mass is 32.1. The van der Waals surface area contributed by atoms with Crippen molar-refractivity contribution in [2.24, 2.45) is 0 Å². The van der Waals surface area contributed by atoms with Gasteiger partial charge in [0.2, 0.25) is 0 Å². The SMILES string of the molecule is Nc1ccc(-c2nc3cscc3nc2C(F)(F)F)cc1. The average molecular weight is 295 g/mol. The van der Waals surface area contributed by atoms with Gasteiger partial charge in [-0.3, -0.25) is 0 Å². The minimum Gasteiger partial charge on any atom is -0.399 e. The van der Waals surface area contributed by atoms with E-state index in [1.54, 1.807) is 10.8 Å². The molecular formula is C13H8F3N3S. The monoisotopic (exact) mass is 295 g/mol. The Morgan fingerprint density at radius 1 is 0.950 bits per heavy atom. The summed E-state index contributed by atoms with van der Waals surface area (Å²) in [5.41, 5.74) is 5.91. The number of alkyl halides is 3. The maximum atomic E-state index is 13.1. The van der Waals surface area contributed by atoms with E-state index in [0.717, 1.165) is 0 Å². The number of fused-ring (bicyclic) bond motifs is 1. The van der Waals surface area contributed by atoms with Crippen molar-refractivity contribution in [3.63, 3.8) is 0 Å². The van der Waals surface area contributed by atoms with Crippen molar-refractivity contribution in [1.82, 2.24) is 9.97 Å². The van der Waals surface area contributed by atoms with Gasteiger partial charge in [-0.15, -0.1) is 11.3 Å². The number of halogens is 3. The minimum absolute atomic E-state index is 0.177. The zero-order chi connectivity index (χ0) is 14.3. The summed E-state index contributed by atoms with van der Waals surface area (Å²) in [6.07, 6.45) is -4.56. The molecule has 0 radical (unpaired) electrons. The molecule has 3 aromatic rings. The summed E-state index contributed by atoms with van der Waals surface area (Å²) in [5, 5.41) is 3.22. The van der Waals surface area contributed by atoms with Crippen LogP contribution in [0.1, 0.15) is 5.69 Å². The van der Waals surface area contributed by atoms with E-state index in [2.05, 4.69) is 9.97 Å². The van der Waals surface area contributed by atoms with Crippen molar-refractivity contribution in [1.29, 1.82) is 0 Å². The van der Waals surface area contributed by atoms with E-state index in [1.165, 1.54) is 35.6 Å². The molecule has 0 saturated heterocycles. The predicted molar refractivity (Wildman–Crippen MR) is 72.3 cm³/mol. The van der Waals surface area contributed by atoms with E-state index in [-0.39, 0.29) is 11.2 Å². The Labute approximate surface area is 115 Å². The highest BCUT2D eigenvalue weighted by Gasteiger charge is 2.37. The molecule has 0 aliphatic heterocycles. The van der Waals surface area contributed by atoms with Crippen molar-refractivity contribution >= 4 is 28.1 Å². The molecule has 3 nitrogen and oxygen atoms in total. The van der Waals surface area contributed by atoms with Gasteiger partial charge in [0.25, 0.3) is 0 Å². The normalized spacial score (nSPS) is 11.9. The Morgan fingerprint density at radius 2 is 1.55 bits per heavy atom.